The van der Waals surface area contributed by atoms with Gasteiger partial charge in [-0.2, -0.15) is 5.26 Å². The van der Waals surface area contributed by atoms with Crippen LogP contribution >= 0.6 is 0 Å². The molecule has 0 saturated carbocycles. The summed E-state index contributed by atoms with van der Waals surface area (Å²) < 4.78 is 0. The van der Waals surface area contributed by atoms with Crippen molar-refractivity contribution in [1.82, 2.24) is 0 Å². The number of carbonyl (C=O) groups excluding carboxylic acids is 1. The van der Waals surface area contributed by atoms with Gasteiger partial charge in [0.05, 0.1) is 5.56 Å². The van der Waals surface area contributed by atoms with Gasteiger partial charge in [0.15, 0.2) is 5.78 Å². The van der Waals surface area contributed by atoms with Crippen LogP contribution in [0.2, 0.25) is 0 Å². The van der Waals surface area contributed by atoms with E-state index in [0.717, 1.165) is 0 Å². The highest BCUT2D eigenvalue weighted by atomic mass is 16.1. The van der Waals surface area contributed by atoms with E-state index in [4.69, 9.17) is 11.0 Å². The van der Waals surface area contributed by atoms with Crippen LogP contribution < -0.4 is 5.73 Å². The molecule has 0 heterocycles. The molecule has 78 valence electrons. The van der Waals surface area contributed by atoms with Gasteiger partial charge in [-0.3, -0.25) is 4.79 Å². The van der Waals surface area contributed by atoms with Gasteiger partial charge in [-0.25, -0.2) is 0 Å². The highest BCUT2D eigenvalue weighted by Gasteiger charge is 2.23. The van der Waals surface area contributed by atoms with E-state index in [1.807, 2.05) is 26.8 Å². The average molecular weight is 202 g/mol. The van der Waals surface area contributed by atoms with Crippen LogP contribution in [-0.2, 0) is 0 Å². The number of hydrogen-bond donors (Lipinski definition) is 1. The zero-order valence-corrected chi connectivity index (χ0v) is 9.16. The third kappa shape index (κ3) is 2.35. The van der Waals surface area contributed by atoms with E-state index in [1.54, 1.807) is 18.2 Å². The first-order valence-electron chi connectivity index (χ1n) is 4.70. The van der Waals surface area contributed by atoms with Gasteiger partial charge in [0.25, 0.3) is 0 Å². The minimum absolute atomic E-state index is 0.0130. The first-order valence-corrected chi connectivity index (χ1v) is 4.70. The molecule has 1 rings (SSSR count). The highest BCUT2D eigenvalue weighted by Crippen LogP contribution is 2.22. The van der Waals surface area contributed by atoms with Gasteiger partial charge in [0.1, 0.15) is 6.07 Å². The number of Topliss-reactive ketones (excluding diaryl/α,β-unsaturated/α-hetero) is 1. The fourth-order valence-electron chi connectivity index (χ4n) is 1.23. The van der Waals surface area contributed by atoms with Crippen LogP contribution in [0.5, 0.6) is 0 Å². The maximum absolute atomic E-state index is 11.9. The van der Waals surface area contributed by atoms with Crippen molar-refractivity contribution in [2.75, 3.05) is 5.73 Å². The van der Waals surface area contributed by atoms with Gasteiger partial charge in [-0.15, -0.1) is 0 Å². The van der Waals surface area contributed by atoms with E-state index in [9.17, 15) is 4.79 Å². The second kappa shape index (κ2) is 3.74. The van der Waals surface area contributed by atoms with Crippen molar-refractivity contribution >= 4 is 11.5 Å². The number of ketones is 1. The highest BCUT2D eigenvalue weighted by molar-refractivity contribution is 6.00. The van der Waals surface area contributed by atoms with E-state index in [2.05, 4.69) is 0 Å². The summed E-state index contributed by atoms with van der Waals surface area (Å²) in [7, 11) is 0. The molecular formula is C12H14N2O. The number of rotatable bonds is 1. The minimum atomic E-state index is -0.442. The average Bonchev–Trinajstić information content (AvgIpc) is 2.16. The van der Waals surface area contributed by atoms with E-state index in [-0.39, 0.29) is 5.78 Å². The quantitative estimate of drug-likeness (QED) is 0.561. The van der Waals surface area contributed by atoms with E-state index in [0.29, 0.717) is 16.8 Å². The number of hydrogen-bond acceptors (Lipinski definition) is 3. The summed E-state index contributed by atoms with van der Waals surface area (Å²) in [5.74, 6) is 0.0130. The van der Waals surface area contributed by atoms with E-state index >= 15 is 0 Å². The number of nitriles is 1. The Morgan fingerprint density at radius 1 is 1.40 bits per heavy atom. The first kappa shape index (κ1) is 11.3. The molecule has 0 fully saturated rings. The lowest BCUT2D eigenvalue weighted by molar-refractivity contribution is 0.0858. The Morgan fingerprint density at radius 2 is 2.00 bits per heavy atom. The zero-order valence-electron chi connectivity index (χ0n) is 9.16. The molecule has 0 atom stereocenters. The smallest absolute Gasteiger partial charge is 0.168 e. The topological polar surface area (TPSA) is 66.9 Å². The zero-order chi connectivity index (χ0) is 11.6. The Bertz CT molecular complexity index is 436. The van der Waals surface area contributed by atoms with Crippen LogP contribution in [0.1, 0.15) is 36.7 Å². The van der Waals surface area contributed by atoms with E-state index < -0.39 is 5.41 Å². The molecule has 0 unspecified atom stereocenters. The van der Waals surface area contributed by atoms with Gasteiger partial charge in [0.2, 0.25) is 0 Å². The molecule has 1 aromatic rings. The van der Waals surface area contributed by atoms with Crippen molar-refractivity contribution in [2.45, 2.75) is 20.8 Å². The Kier molecular flexibility index (Phi) is 2.81. The maximum Gasteiger partial charge on any atom is 0.168 e. The summed E-state index contributed by atoms with van der Waals surface area (Å²) in [6, 6.07) is 6.76. The first-order chi connectivity index (χ1) is 6.86. The third-order valence-corrected chi connectivity index (χ3v) is 2.12. The number of nitrogens with two attached hydrogens (primary N) is 1. The largest absolute Gasteiger partial charge is 0.398 e. The second-order valence-corrected chi connectivity index (χ2v) is 4.49. The Hall–Kier alpha value is -1.82. The molecular weight excluding hydrogens is 188 g/mol. The molecule has 0 bridgehead atoms. The van der Waals surface area contributed by atoms with Crippen LogP contribution in [0, 0.1) is 16.7 Å². The molecule has 0 amide bonds. The van der Waals surface area contributed by atoms with Gasteiger partial charge in [0, 0.05) is 16.7 Å². The summed E-state index contributed by atoms with van der Waals surface area (Å²) in [5, 5.41) is 8.79. The molecule has 2 N–H and O–H groups in total. The molecule has 1 aromatic carbocycles. The predicted octanol–water partition coefficient (Wildman–Crippen LogP) is 2.37. The molecule has 0 radical (unpaired) electrons. The van der Waals surface area contributed by atoms with Crippen LogP contribution in [0.3, 0.4) is 0 Å². The lowest BCUT2D eigenvalue weighted by Gasteiger charge is -2.16. The third-order valence-electron chi connectivity index (χ3n) is 2.12. The summed E-state index contributed by atoms with van der Waals surface area (Å²) in [6.07, 6.45) is 0. The number of nitrogens with zero attached hydrogens (tertiary/aromatic N) is 1. The van der Waals surface area contributed by atoms with Crippen LogP contribution in [-0.4, -0.2) is 5.78 Å². The summed E-state index contributed by atoms with van der Waals surface area (Å²) in [5.41, 5.74) is 6.43. The fourth-order valence-corrected chi connectivity index (χ4v) is 1.23. The standard InChI is InChI=1S/C12H14N2O/c1-12(2,3)11(15)8-4-5-10(14)9(6-8)7-13/h4-6H,14H2,1-3H3. The van der Waals surface area contributed by atoms with Gasteiger partial charge >= 0.3 is 0 Å². The predicted molar refractivity (Wildman–Crippen MR) is 59.4 cm³/mol. The molecule has 0 aromatic heterocycles. The van der Waals surface area contributed by atoms with Crippen LogP contribution in [0.15, 0.2) is 18.2 Å². The van der Waals surface area contributed by atoms with Crippen molar-refractivity contribution < 1.29 is 4.79 Å². The molecule has 15 heavy (non-hydrogen) atoms. The number of nitrogen functional groups attached to an aromatic ring is 1. The maximum atomic E-state index is 11.9. The molecule has 3 nitrogen and oxygen atoms in total. The van der Waals surface area contributed by atoms with E-state index in [1.165, 1.54) is 0 Å². The lowest BCUT2D eigenvalue weighted by atomic mass is 9.86. The molecule has 3 heteroatoms. The van der Waals surface area contributed by atoms with Crippen LogP contribution in [0.4, 0.5) is 5.69 Å². The molecule has 0 spiro atoms. The monoisotopic (exact) mass is 202 g/mol. The number of benzene rings is 1. The number of carbonyl (C=O) groups is 1. The number of anilines is 1. The summed E-state index contributed by atoms with van der Waals surface area (Å²) in [4.78, 5) is 11.9. The summed E-state index contributed by atoms with van der Waals surface area (Å²) in [6.45, 7) is 5.53. The van der Waals surface area contributed by atoms with Gasteiger partial charge in [-0.1, -0.05) is 20.8 Å². The summed E-state index contributed by atoms with van der Waals surface area (Å²) >= 11 is 0. The van der Waals surface area contributed by atoms with Crippen LogP contribution in [0.25, 0.3) is 0 Å². The van der Waals surface area contributed by atoms with Crippen molar-refractivity contribution in [3.8, 4) is 6.07 Å². The van der Waals surface area contributed by atoms with Crippen molar-refractivity contribution in [3.05, 3.63) is 29.3 Å². The normalized spacial score (nSPS) is 10.8. The Labute approximate surface area is 89.5 Å². The Morgan fingerprint density at radius 3 is 2.47 bits per heavy atom. The Balaban J connectivity index is 3.20. The SMILES string of the molecule is CC(C)(C)C(=O)c1ccc(N)c(C#N)c1. The lowest BCUT2D eigenvalue weighted by Crippen LogP contribution is -2.20. The second-order valence-electron chi connectivity index (χ2n) is 4.49. The molecule has 0 aliphatic carbocycles. The van der Waals surface area contributed by atoms with Gasteiger partial charge < -0.3 is 5.73 Å². The fraction of sp³-hybridized carbons (Fsp3) is 0.333. The molecule has 0 saturated heterocycles. The van der Waals surface area contributed by atoms with Crippen molar-refractivity contribution in [1.29, 1.82) is 5.26 Å². The van der Waals surface area contributed by atoms with Gasteiger partial charge in [-0.05, 0) is 18.2 Å². The molecule has 0 aliphatic heterocycles. The van der Waals surface area contributed by atoms with Crippen molar-refractivity contribution in [3.63, 3.8) is 0 Å². The molecule has 0 aliphatic rings. The van der Waals surface area contributed by atoms with Crippen molar-refractivity contribution in [2.24, 2.45) is 5.41 Å². The minimum Gasteiger partial charge on any atom is -0.398 e.